The molecular formula is C11H13FN6O. The predicted octanol–water partition coefficient (Wildman–Crippen LogP) is 0.818. The summed E-state index contributed by atoms with van der Waals surface area (Å²) >= 11 is 0. The van der Waals surface area contributed by atoms with Crippen LogP contribution in [0.25, 0.3) is 11.4 Å². The average Bonchev–Trinajstić information content (AvgIpc) is 2.89. The first-order valence-corrected chi connectivity index (χ1v) is 5.81. The van der Waals surface area contributed by atoms with E-state index in [9.17, 15) is 4.39 Å². The van der Waals surface area contributed by atoms with Crippen molar-refractivity contribution in [1.29, 1.82) is 0 Å². The molecule has 2 aromatic heterocycles. The third-order valence-corrected chi connectivity index (χ3v) is 2.97. The molecule has 0 spiro atoms. The number of nitrogens with one attached hydrogen (secondary N) is 1. The van der Waals surface area contributed by atoms with Crippen molar-refractivity contribution in [2.24, 2.45) is 0 Å². The van der Waals surface area contributed by atoms with Gasteiger partial charge in [-0.3, -0.25) is 5.10 Å². The summed E-state index contributed by atoms with van der Waals surface area (Å²) in [5.41, 5.74) is 0.713. The Hall–Kier alpha value is -2.25. The third-order valence-electron chi connectivity index (χ3n) is 2.97. The van der Waals surface area contributed by atoms with Crippen molar-refractivity contribution in [3.8, 4) is 17.4 Å². The van der Waals surface area contributed by atoms with Crippen LogP contribution in [0, 0.1) is 0 Å². The second-order valence-corrected chi connectivity index (χ2v) is 4.72. The normalized spacial score (nSPS) is 17.1. The van der Waals surface area contributed by atoms with Gasteiger partial charge in [0.05, 0.1) is 38.3 Å². The molecule has 0 bridgehead atoms. The summed E-state index contributed by atoms with van der Waals surface area (Å²) < 4.78 is 18.6. The van der Waals surface area contributed by atoms with Gasteiger partial charge in [0, 0.05) is 0 Å². The molecule has 0 atom stereocenters. The van der Waals surface area contributed by atoms with Gasteiger partial charge in [0.25, 0.3) is 0 Å². The topological polar surface area (TPSA) is 79.8 Å². The Labute approximate surface area is 108 Å². The van der Waals surface area contributed by atoms with Gasteiger partial charge in [-0.1, -0.05) is 5.21 Å². The molecule has 0 saturated carbocycles. The maximum absolute atomic E-state index is 13.6. The van der Waals surface area contributed by atoms with E-state index in [0.717, 1.165) is 5.69 Å². The van der Waals surface area contributed by atoms with Gasteiger partial charge in [0.1, 0.15) is 17.1 Å². The van der Waals surface area contributed by atoms with Crippen molar-refractivity contribution in [3.63, 3.8) is 0 Å². The van der Waals surface area contributed by atoms with Crippen LogP contribution in [0.3, 0.4) is 0 Å². The van der Waals surface area contributed by atoms with Gasteiger partial charge in [0.15, 0.2) is 0 Å². The fraction of sp³-hybridized carbons (Fsp3) is 0.455. The van der Waals surface area contributed by atoms with Gasteiger partial charge in [0.2, 0.25) is 0 Å². The molecule has 3 rings (SSSR count). The van der Waals surface area contributed by atoms with Crippen molar-refractivity contribution < 1.29 is 9.13 Å². The third kappa shape index (κ3) is 2.09. The lowest BCUT2D eigenvalue weighted by atomic mass is 9.98. The van der Waals surface area contributed by atoms with E-state index in [2.05, 4.69) is 25.4 Å². The van der Waals surface area contributed by atoms with Crippen molar-refractivity contribution in [2.75, 3.05) is 25.1 Å². The van der Waals surface area contributed by atoms with E-state index in [4.69, 9.17) is 4.74 Å². The number of rotatable bonds is 3. The Morgan fingerprint density at radius 3 is 2.84 bits per heavy atom. The Balaban J connectivity index is 2.00. The highest BCUT2D eigenvalue weighted by Crippen LogP contribution is 2.35. The molecule has 2 aromatic rings. The number of anilines is 1. The number of H-pyrrole nitrogens is 1. The summed E-state index contributed by atoms with van der Waals surface area (Å²) in [5.74, 6) is 0. The molecular weight excluding hydrogens is 251 g/mol. The molecule has 0 aromatic carbocycles. The first kappa shape index (κ1) is 11.8. The fourth-order valence-corrected chi connectivity index (χ4v) is 2.11. The lowest BCUT2D eigenvalue weighted by Crippen LogP contribution is -2.57. The summed E-state index contributed by atoms with van der Waals surface area (Å²) in [6, 6.07) is 0.241. The van der Waals surface area contributed by atoms with Crippen LogP contribution in [0.4, 0.5) is 10.1 Å². The van der Waals surface area contributed by atoms with Crippen LogP contribution in [-0.2, 0) is 0 Å². The van der Waals surface area contributed by atoms with E-state index >= 15 is 0 Å². The highest BCUT2D eigenvalue weighted by molar-refractivity contribution is 5.72. The molecule has 0 aliphatic carbocycles. The van der Waals surface area contributed by atoms with E-state index in [0.29, 0.717) is 24.5 Å². The number of aromatic amines is 1. The second-order valence-electron chi connectivity index (χ2n) is 4.72. The minimum atomic E-state index is -1.17. The van der Waals surface area contributed by atoms with Gasteiger partial charge < -0.3 is 9.64 Å². The molecule has 1 saturated heterocycles. The van der Waals surface area contributed by atoms with Gasteiger partial charge in [-0.05, 0) is 6.92 Å². The molecule has 0 amide bonds. The van der Waals surface area contributed by atoms with E-state index in [1.807, 2.05) is 4.90 Å². The highest BCUT2D eigenvalue weighted by Gasteiger charge is 2.40. The summed E-state index contributed by atoms with van der Waals surface area (Å²) in [5, 5.41) is 10.2. The number of alkyl halides is 1. The van der Waals surface area contributed by atoms with Crippen LogP contribution in [0.5, 0.6) is 6.01 Å². The standard InChI is InChI=1S/C11H13FN6O/c1-11(12)5-18(6-11)8-4-13-10(19-2)15-9(8)7-3-14-17-16-7/h3-4H,5-6H2,1-2H3,(H,14,16,17). The minimum Gasteiger partial charge on any atom is -0.467 e. The molecule has 7 nitrogen and oxygen atoms in total. The van der Waals surface area contributed by atoms with Gasteiger partial charge in [-0.25, -0.2) is 9.37 Å². The van der Waals surface area contributed by atoms with E-state index in [-0.39, 0.29) is 6.01 Å². The fourth-order valence-electron chi connectivity index (χ4n) is 2.11. The van der Waals surface area contributed by atoms with Crippen LogP contribution in [0.1, 0.15) is 6.92 Å². The monoisotopic (exact) mass is 264 g/mol. The molecule has 1 aliphatic rings. The number of methoxy groups -OCH3 is 1. The molecule has 3 heterocycles. The molecule has 1 N–H and O–H groups in total. The molecule has 0 radical (unpaired) electrons. The van der Waals surface area contributed by atoms with Gasteiger partial charge >= 0.3 is 6.01 Å². The van der Waals surface area contributed by atoms with Crippen molar-refractivity contribution in [1.82, 2.24) is 25.4 Å². The Morgan fingerprint density at radius 1 is 1.47 bits per heavy atom. The summed E-state index contributed by atoms with van der Waals surface area (Å²) in [7, 11) is 1.49. The number of ether oxygens (including phenoxy) is 1. The number of nitrogens with zero attached hydrogens (tertiary/aromatic N) is 5. The van der Waals surface area contributed by atoms with Crippen LogP contribution in [0.15, 0.2) is 12.4 Å². The van der Waals surface area contributed by atoms with Crippen LogP contribution in [-0.4, -0.2) is 51.2 Å². The second kappa shape index (κ2) is 4.15. The highest BCUT2D eigenvalue weighted by atomic mass is 19.1. The van der Waals surface area contributed by atoms with E-state index in [1.165, 1.54) is 7.11 Å². The zero-order valence-electron chi connectivity index (χ0n) is 10.6. The Bertz CT molecular complexity index is 577. The van der Waals surface area contributed by atoms with Crippen LogP contribution in [0.2, 0.25) is 0 Å². The molecule has 19 heavy (non-hydrogen) atoms. The van der Waals surface area contributed by atoms with E-state index in [1.54, 1.807) is 19.3 Å². The molecule has 0 unspecified atom stereocenters. The number of hydrogen-bond donors (Lipinski definition) is 1. The first-order chi connectivity index (χ1) is 9.09. The maximum atomic E-state index is 13.6. The number of hydrogen-bond acceptors (Lipinski definition) is 6. The molecule has 1 aliphatic heterocycles. The summed E-state index contributed by atoms with van der Waals surface area (Å²) in [4.78, 5) is 10.2. The number of halogens is 1. The van der Waals surface area contributed by atoms with Gasteiger partial charge in [-0.2, -0.15) is 4.98 Å². The molecule has 100 valence electrons. The SMILES string of the molecule is COc1ncc(N2CC(C)(F)C2)c(-c2c[nH]nn2)n1. The lowest BCUT2D eigenvalue weighted by Gasteiger charge is -2.43. The quantitative estimate of drug-likeness (QED) is 0.884. The lowest BCUT2D eigenvalue weighted by molar-refractivity contribution is 0.144. The zero-order valence-corrected chi connectivity index (χ0v) is 10.6. The number of aromatic nitrogens is 5. The van der Waals surface area contributed by atoms with Crippen molar-refractivity contribution in [3.05, 3.63) is 12.4 Å². The Morgan fingerprint density at radius 2 is 2.26 bits per heavy atom. The Kier molecular flexibility index (Phi) is 2.58. The molecule has 8 heteroatoms. The molecule has 1 fully saturated rings. The zero-order chi connectivity index (χ0) is 13.5. The van der Waals surface area contributed by atoms with Crippen molar-refractivity contribution in [2.45, 2.75) is 12.6 Å². The largest absolute Gasteiger partial charge is 0.467 e. The van der Waals surface area contributed by atoms with Gasteiger partial charge in [-0.15, -0.1) is 5.10 Å². The van der Waals surface area contributed by atoms with Crippen LogP contribution < -0.4 is 9.64 Å². The minimum absolute atomic E-state index is 0.241. The smallest absolute Gasteiger partial charge is 0.316 e. The maximum Gasteiger partial charge on any atom is 0.316 e. The average molecular weight is 264 g/mol. The summed E-state index contributed by atoms with van der Waals surface area (Å²) in [6.45, 7) is 2.20. The van der Waals surface area contributed by atoms with Crippen LogP contribution >= 0.6 is 0 Å². The summed E-state index contributed by atoms with van der Waals surface area (Å²) in [6.07, 6.45) is 3.24. The van der Waals surface area contributed by atoms with Crippen molar-refractivity contribution >= 4 is 5.69 Å². The first-order valence-electron chi connectivity index (χ1n) is 5.81. The van der Waals surface area contributed by atoms with E-state index < -0.39 is 5.67 Å². The predicted molar refractivity (Wildman–Crippen MR) is 65.7 cm³/mol.